The zero-order chi connectivity index (χ0) is 10.6. The summed E-state index contributed by atoms with van der Waals surface area (Å²) in [6.45, 7) is 2.07. The summed E-state index contributed by atoms with van der Waals surface area (Å²) in [4.78, 5) is 0. The minimum Gasteiger partial charge on any atom is -0.271 e. The Balaban J connectivity index is 2.91. The molecule has 0 saturated heterocycles. The van der Waals surface area contributed by atoms with Crippen LogP contribution in [-0.4, -0.2) is 0 Å². The third-order valence-electron chi connectivity index (χ3n) is 2.07. The van der Waals surface area contributed by atoms with Crippen molar-refractivity contribution in [1.29, 1.82) is 0 Å². The minimum absolute atomic E-state index is 0.0204. The highest BCUT2D eigenvalue weighted by Gasteiger charge is 2.09. The van der Waals surface area contributed by atoms with Gasteiger partial charge in [0.25, 0.3) is 0 Å². The van der Waals surface area contributed by atoms with E-state index >= 15 is 0 Å². The Bertz CT molecular complexity index is 284. The van der Waals surface area contributed by atoms with Crippen LogP contribution in [-0.2, 0) is 0 Å². The van der Waals surface area contributed by atoms with Gasteiger partial charge in [0.15, 0.2) is 0 Å². The molecule has 1 aromatic rings. The van der Waals surface area contributed by atoms with Crippen LogP contribution in [0.4, 0.5) is 4.39 Å². The number of halogens is 2. The predicted octanol–water partition coefficient (Wildman–Crippen LogP) is 2.89. The Morgan fingerprint density at radius 1 is 1.50 bits per heavy atom. The van der Waals surface area contributed by atoms with Crippen molar-refractivity contribution in [1.82, 2.24) is 5.43 Å². The maximum atomic E-state index is 13.1. The molecule has 1 aromatic carbocycles. The van der Waals surface area contributed by atoms with Gasteiger partial charge >= 0.3 is 0 Å². The highest BCUT2D eigenvalue weighted by Crippen LogP contribution is 2.22. The molecule has 1 atom stereocenters. The summed E-state index contributed by atoms with van der Waals surface area (Å²) < 4.78 is 13.8. The molecule has 0 fully saturated rings. The first-order valence-corrected chi connectivity index (χ1v) is 5.38. The summed E-state index contributed by atoms with van der Waals surface area (Å²) >= 11 is 3.25. The van der Waals surface area contributed by atoms with Crippen LogP contribution in [0.25, 0.3) is 0 Å². The Labute approximate surface area is 91.8 Å². The zero-order valence-corrected chi connectivity index (χ0v) is 9.64. The van der Waals surface area contributed by atoms with Crippen molar-refractivity contribution in [3.05, 3.63) is 34.1 Å². The van der Waals surface area contributed by atoms with Gasteiger partial charge in [0.05, 0.1) is 0 Å². The molecule has 0 aliphatic heterocycles. The van der Waals surface area contributed by atoms with Crippen molar-refractivity contribution in [3.63, 3.8) is 0 Å². The smallest absolute Gasteiger partial charge is 0.124 e. The lowest BCUT2D eigenvalue weighted by atomic mass is 10.0. The first-order chi connectivity index (χ1) is 6.67. The number of hydrogen-bond acceptors (Lipinski definition) is 2. The van der Waals surface area contributed by atoms with Crippen LogP contribution in [0, 0.1) is 5.82 Å². The average Bonchev–Trinajstić information content (AvgIpc) is 2.12. The molecular formula is C10H14BrFN2. The lowest BCUT2D eigenvalue weighted by molar-refractivity contribution is 0.505. The maximum Gasteiger partial charge on any atom is 0.124 e. The summed E-state index contributed by atoms with van der Waals surface area (Å²) in [5, 5.41) is 0. The third-order valence-corrected chi connectivity index (χ3v) is 2.52. The summed E-state index contributed by atoms with van der Waals surface area (Å²) in [6, 6.07) is 4.84. The number of hydrazine groups is 1. The van der Waals surface area contributed by atoms with Gasteiger partial charge in [-0.3, -0.25) is 11.3 Å². The van der Waals surface area contributed by atoms with E-state index in [1.54, 1.807) is 0 Å². The van der Waals surface area contributed by atoms with Crippen LogP contribution in [0.15, 0.2) is 22.7 Å². The molecule has 0 radical (unpaired) electrons. The monoisotopic (exact) mass is 260 g/mol. The molecule has 0 spiro atoms. The molecule has 0 aromatic heterocycles. The highest BCUT2D eigenvalue weighted by molar-refractivity contribution is 9.10. The highest BCUT2D eigenvalue weighted by atomic mass is 79.9. The van der Waals surface area contributed by atoms with E-state index in [1.807, 2.05) is 6.07 Å². The fourth-order valence-corrected chi connectivity index (χ4v) is 1.89. The van der Waals surface area contributed by atoms with E-state index in [4.69, 9.17) is 5.84 Å². The fraction of sp³-hybridized carbons (Fsp3) is 0.400. The van der Waals surface area contributed by atoms with Gasteiger partial charge in [0.2, 0.25) is 0 Å². The van der Waals surface area contributed by atoms with Crippen molar-refractivity contribution in [2.75, 3.05) is 0 Å². The van der Waals surface area contributed by atoms with Crippen molar-refractivity contribution in [2.24, 2.45) is 5.84 Å². The van der Waals surface area contributed by atoms with Crippen LogP contribution >= 0.6 is 15.9 Å². The Morgan fingerprint density at radius 2 is 2.21 bits per heavy atom. The van der Waals surface area contributed by atoms with E-state index in [0.29, 0.717) is 0 Å². The zero-order valence-electron chi connectivity index (χ0n) is 8.06. The molecule has 0 bridgehead atoms. The molecule has 2 nitrogen and oxygen atoms in total. The second kappa shape index (κ2) is 5.44. The van der Waals surface area contributed by atoms with Crippen molar-refractivity contribution >= 4 is 15.9 Å². The number of nitrogens with two attached hydrogens (primary N) is 1. The van der Waals surface area contributed by atoms with Gasteiger partial charge < -0.3 is 0 Å². The molecule has 0 saturated carbocycles. The van der Waals surface area contributed by atoms with Crippen LogP contribution in [0.3, 0.4) is 0 Å². The minimum atomic E-state index is -0.245. The molecule has 1 rings (SSSR count). The largest absolute Gasteiger partial charge is 0.271 e. The van der Waals surface area contributed by atoms with E-state index in [9.17, 15) is 4.39 Å². The quantitative estimate of drug-likeness (QED) is 0.646. The molecular weight excluding hydrogens is 247 g/mol. The van der Waals surface area contributed by atoms with Crippen molar-refractivity contribution in [2.45, 2.75) is 25.8 Å². The predicted molar refractivity (Wildman–Crippen MR) is 59.1 cm³/mol. The Hall–Kier alpha value is -0.450. The van der Waals surface area contributed by atoms with E-state index < -0.39 is 0 Å². The summed E-state index contributed by atoms with van der Waals surface area (Å²) in [5.41, 5.74) is 3.56. The lowest BCUT2D eigenvalue weighted by Gasteiger charge is -2.15. The second-order valence-electron chi connectivity index (χ2n) is 3.21. The average molecular weight is 261 g/mol. The van der Waals surface area contributed by atoms with Gasteiger partial charge in [-0.05, 0) is 30.2 Å². The van der Waals surface area contributed by atoms with Gasteiger partial charge in [-0.25, -0.2) is 4.39 Å². The first-order valence-electron chi connectivity index (χ1n) is 4.59. The topological polar surface area (TPSA) is 38.0 Å². The molecule has 4 heteroatoms. The molecule has 0 aliphatic rings. The van der Waals surface area contributed by atoms with Gasteiger partial charge in [0, 0.05) is 10.5 Å². The van der Waals surface area contributed by atoms with Crippen LogP contribution in [0.5, 0.6) is 0 Å². The molecule has 14 heavy (non-hydrogen) atoms. The van der Waals surface area contributed by atoms with E-state index in [1.165, 1.54) is 12.1 Å². The number of nitrogens with one attached hydrogen (secondary N) is 1. The van der Waals surface area contributed by atoms with Crippen LogP contribution in [0.2, 0.25) is 0 Å². The fourth-order valence-electron chi connectivity index (χ4n) is 1.41. The van der Waals surface area contributed by atoms with Crippen molar-refractivity contribution < 1.29 is 4.39 Å². The third kappa shape index (κ3) is 3.04. The Kier molecular flexibility index (Phi) is 4.51. The molecule has 0 aliphatic carbocycles. The van der Waals surface area contributed by atoms with E-state index in [-0.39, 0.29) is 11.9 Å². The summed E-state index contributed by atoms with van der Waals surface area (Å²) in [5.74, 6) is 5.16. The Morgan fingerprint density at radius 3 is 2.71 bits per heavy atom. The summed E-state index contributed by atoms with van der Waals surface area (Å²) in [6.07, 6.45) is 1.90. The molecule has 0 amide bonds. The van der Waals surface area contributed by atoms with Crippen LogP contribution < -0.4 is 11.3 Å². The maximum absolute atomic E-state index is 13.1. The van der Waals surface area contributed by atoms with Crippen LogP contribution in [0.1, 0.15) is 31.4 Å². The number of hydrogen-bond donors (Lipinski definition) is 2. The van der Waals surface area contributed by atoms with Crippen molar-refractivity contribution in [3.8, 4) is 0 Å². The molecule has 1 unspecified atom stereocenters. The number of rotatable bonds is 4. The van der Waals surface area contributed by atoms with Gasteiger partial charge in [0.1, 0.15) is 5.82 Å². The van der Waals surface area contributed by atoms with Gasteiger partial charge in [-0.15, -0.1) is 0 Å². The lowest BCUT2D eigenvalue weighted by Crippen LogP contribution is -2.27. The van der Waals surface area contributed by atoms with Gasteiger partial charge in [-0.1, -0.05) is 29.3 Å². The van der Waals surface area contributed by atoms with E-state index in [2.05, 4.69) is 28.3 Å². The number of benzene rings is 1. The second-order valence-corrected chi connectivity index (χ2v) is 4.13. The summed E-state index contributed by atoms with van der Waals surface area (Å²) in [7, 11) is 0. The normalized spacial score (nSPS) is 12.9. The first kappa shape index (κ1) is 11.6. The SMILES string of the molecule is CCCC(NN)c1cc(F)cc(Br)c1. The molecule has 78 valence electrons. The standard InChI is InChI=1S/C10H14BrFN2/c1-2-3-10(14-13)7-4-8(11)6-9(12)5-7/h4-6,10,14H,2-3,13H2,1H3. The van der Waals surface area contributed by atoms with Gasteiger partial charge in [-0.2, -0.15) is 0 Å². The molecule has 0 heterocycles. The molecule has 3 N–H and O–H groups in total. The van der Waals surface area contributed by atoms with E-state index in [0.717, 1.165) is 22.9 Å².